The Hall–Kier alpha value is -3.47. The van der Waals surface area contributed by atoms with Gasteiger partial charge in [-0.1, -0.05) is 17.9 Å². The molecule has 0 aliphatic carbocycles. The quantitative estimate of drug-likeness (QED) is 0.795. The monoisotopic (exact) mass is 374 g/mol. The van der Waals surface area contributed by atoms with Gasteiger partial charge < -0.3 is 15.4 Å². The predicted molar refractivity (Wildman–Crippen MR) is 91.2 cm³/mol. The first-order valence-electron chi connectivity index (χ1n) is 7.84. The predicted octanol–water partition coefficient (Wildman–Crippen LogP) is 2.82. The third-order valence-electron chi connectivity index (χ3n) is 3.64. The van der Waals surface area contributed by atoms with Crippen LogP contribution in [0.2, 0.25) is 0 Å². The molecule has 2 aromatic carbocycles. The molecular weight excluding hydrogens is 361 g/mol. The van der Waals surface area contributed by atoms with Gasteiger partial charge in [-0.3, -0.25) is 9.59 Å². The van der Waals surface area contributed by atoms with Crippen LogP contribution in [-0.2, 0) is 11.0 Å². The molecule has 1 heterocycles. The van der Waals surface area contributed by atoms with Crippen LogP contribution in [0.15, 0.2) is 42.5 Å². The Morgan fingerprint density at radius 2 is 2.04 bits per heavy atom. The number of benzene rings is 2. The van der Waals surface area contributed by atoms with Crippen molar-refractivity contribution in [2.45, 2.75) is 6.18 Å². The molecule has 2 N–H and O–H groups in total. The van der Waals surface area contributed by atoms with E-state index in [2.05, 4.69) is 22.5 Å². The molecule has 5 nitrogen and oxygen atoms in total. The number of hydrogen-bond donors (Lipinski definition) is 2. The lowest BCUT2D eigenvalue weighted by molar-refractivity contribution is -0.137. The Kier molecular flexibility index (Phi) is 5.03. The van der Waals surface area contributed by atoms with Gasteiger partial charge in [-0.05, 0) is 36.4 Å². The first-order valence-corrected chi connectivity index (χ1v) is 7.84. The molecule has 0 saturated heterocycles. The van der Waals surface area contributed by atoms with Crippen LogP contribution in [0.4, 0.5) is 18.9 Å². The van der Waals surface area contributed by atoms with Crippen LogP contribution in [0.25, 0.3) is 0 Å². The van der Waals surface area contributed by atoms with E-state index in [1.54, 1.807) is 6.07 Å². The number of fused-ring (bicyclic) bond motifs is 1. The van der Waals surface area contributed by atoms with Crippen LogP contribution in [-0.4, -0.2) is 25.0 Å². The second-order valence-corrected chi connectivity index (χ2v) is 5.61. The highest BCUT2D eigenvalue weighted by Crippen LogP contribution is 2.29. The van der Waals surface area contributed by atoms with Crippen molar-refractivity contribution >= 4 is 17.5 Å². The topological polar surface area (TPSA) is 67.4 Å². The van der Waals surface area contributed by atoms with Gasteiger partial charge in [0.05, 0.1) is 17.8 Å². The maximum Gasteiger partial charge on any atom is 0.416 e. The van der Waals surface area contributed by atoms with Gasteiger partial charge in [-0.2, -0.15) is 13.2 Å². The van der Waals surface area contributed by atoms with Crippen molar-refractivity contribution in [2.75, 3.05) is 18.5 Å². The summed E-state index contributed by atoms with van der Waals surface area (Å²) in [5.41, 5.74) is 0.217. The van der Waals surface area contributed by atoms with Crippen molar-refractivity contribution < 1.29 is 27.5 Å². The fourth-order valence-electron chi connectivity index (χ4n) is 2.36. The number of rotatable bonds is 2. The number of ether oxygens (including phenoxy) is 1. The summed E-state index contributed by atoms with van der Waals surface area (Å²) in [5, 5.41) is 5.17. The summed E-state index contributed by atoms with van der Waals surface area (Å²) in [6.45, 7) is -0.162. The molecule has 3 rings (SSSR count). The highest BCUT2D eigenvalue weighted by molar-refractivity contribution is 5.99. The Morgan fingerprint density at radius 1 is 1.22 bits per heavy atom. The van der Waals surface area contributed by atoms with E-state index in [1.807, 2.05) is 0 Å². The van der Waals surface area contributed by atoms with Gasteiger partial charge in [0.2, 0.25) is 0 Å². The highest BCUT2D eigenvalue weighted by atomic mass is 19.4. The average molecular weight is 374 g/mol. The summed E-state index contributed by atoms with van der Waals surface area (Å²) in [5.74, 6) is 4.89. The van der Waals surface area contributed by atoms with Crippen molar-refractivity contribution in [1.29, 1.82) is 0 Å². The van der Waals surface area contributed by atoms with Crippen molar-refractivity contribution in [3.63, 3.8) is 0 Å². The van der Waals surface area contributed by atoms with E-state index in [0.717, 1.165) is 12.1 Å². The molecule has 0 radical (unpaired) electrons. The van der Waals surface area contributed by atoms with Crippen LogP contribution < -0.4 is 15.4 Å². The molecule has 0 unspecified atom stereocenters. The molecule has 1 aliphatic heterocycles. The van der Waals surface area contributed by atoms with Gasteiger partial charge in [0.1, 0.15) is 5.75 Å². The fraction of sp³-hybridized carbons (Fsp3) is 0.158. The van der Waals surface area contributed by atoms with E-state index in [0.29, 0.717) is 17.0 Å². The zero-order valence-corrected chi connectivity index (χ0v) is 13.8. The molecule has 2 amide bonds. The summed E-state index contributed by atoms with van der Waals surface area (Å²) in [6, 6.07) is 9.21. The molecule has 0 saturated carbocycles. The Morgan fingerprint density at radius 3 is 2.81 bits per heavy atom. The summed E-state index contributed by atoms with van der Waals surface area (Å²) in [7, 11) is 0. The molecule has 0 bridgehead atoms. The molecule has 1 aliphatic rings. The smallest absolute Gasteiger partial charge is 0.416 e. The zero-order valence-electron chi connectivity index (χ0n) is 13.8. The number of carbonyl (C=O) groups is 2. The highest BCUT2D eigenvalue weighted by Gasteiger charge is 2.30. The van der Waals surface area contributed by atoms with E-state index in [-0.39, 0.29) is 24.6 Å². The zero-order chi connectivity index (χ0) is 19.4. The summed E-state index contributed by atoms with van der Waals surface area (Å²) >= 11 is 0. The first-order chi connectivity index (χ1) is 12.8. The largest absolute Gasteiger partial charge is 0.482 e. The van der Waals surface area contributed by atoms with Gasteiger partial charge in [-0.25, -0.2) is 0 Å². The second-order valence-electron chi connectivity index (χ2n) is 5.61. The van der Waals surface area contributed by atoms with Gasteiger partial charge in [0, 0.05) is 11.1 Å². The lowest BCUT2D eigenvalue weighted by Gasteiger charge is -2.18. The number of amides is 2. The molecule has 0 spiro atoms. The van der Waals surface area contributed by atoms with E-state index in [4.69, 9.17) is 4.74 Å². The van der Waals surface area contributed by atoms with E-state index in [1.165, 1.54) is 24.3 Å². The maximum absolute atomic E-state index is 12.7. The van der Waals surface area contributed by atoms with Crippen LogP contribution in [0, 0.1) is 11.8 Å². The third kappa shape index (κ3) is 4.58. The molecule has 0 fully saturated rings. The second kappa shape index (κ2) is 7.41. The molecule has 0 aromatic heterocycles. The first kappa shape index (κ1) is 18.3. The standard InChI is InChI=1S/C19H13F3N2O3/c20-19(21,22)14-5-1-3-12(9-14)4-2-8-23-18(26)13-6-7-15-16(10-13)27-11-17(25)24-15/h1,3,5-7,9-10H,8,11H2,(H,23,26)(H,24,25). The molecule has 8 heteroatoms. The maximum atomic E-state index is 12.7. The fourth-order valence-corrected chi connectivity index (χ4v) is 2.36. The van der Waals surface area contributed by atoms with Crippen LogP contribution >= 0.6 is 0 Å². The number of halogens is 3. The molecule has 138 valence electrons. The van der Waals surface area contributed by atoms with E-state index in [9.17, 15) is 22.8 Å². The minimum Gasteiger partial charge on any atom is -0.482 e. The number of carbonyl (C=O) groups excluding carboxylic acids is 2. The Balaban J connectivity index is 1.61. The molecule has 27 heavy (non-hydrogen) atoms. The van der Waals surface area contributed by atoms with Gasteiger partial charge in [0.15, 0.2) is 6.61 Å². The van der Waals surface area contributed by atoms with Crippen LogP contribution in [0.5, 0.6) is 5.75 Å². The SMILES string of the molecule is O=C1COc2cc(C(=O)NCC#Cc3cccc(C(F)(F)F)c3)ccc2N1. The number of nitrogens with one attached hydrogen (secondary N) is 2. The van der Waals surface area contributed by atoms with Crippen molar-refractivity contribution in [2.24, 2.45) is 0 Å². The molecular formula is C19H13F3N2O3. The van der Waals surface area contributed by atoms with Crippen LogP contribution in [0.1, 0.15) is 21.5 Å². The lowest BCUT2D eigenvalue weighted by atomic mass is 10.1. The van der Waals surface area contributed by atoms with Crippen LogP contribution in [0.3, 0.4) is 0 Å². The van der Waals surface area contributed by atoms with E-state index < -0.39 is 17.6 Å². The summed E-state index contributed by atoms with van der Waals surface area (Å²) < 4.78 is 43.2. The normalized spacial score (nSPS) is 12.8. The molecule has 2 aromatic rings. The van der Waals surface area contributed by atoms with Gasteiger partial charge in [-0.15, -0.1) is 0 Å². The Labute approximate surface area is 152 Å². The molecule has 0 atom stereocenters. The van der Waals surface area contributed by atoms with Gasteiger partial charge in [0.25, 0.3) is 11.8 Å². The van der Waals surface area contributed by atoms with E-state index >= 15 is 0 Å². The van der Waals surface area contributed by atoms with Crippen molar-refractivity contribution in [1.82, 2.24) is 5.32 Å². The summed E-state index contributed by atoms with van der Waals surface area (Å²) in [6.07, 6.45) is -4.43. The lowest BCUT2D eigenvalue weighted by Crippen LogP contribution is -2.27. The number of alkyl halides is 3. The minimum atomic E-state index is -4.43. The Bertz CT molecular complexity index is 959. The third-order valence-corrected chi connectivity index (χ3v) is 3.64. The average Bonchev–Trinajstić information content (AvgIpc) is 2.64. The number of hydrogen-bond acceptors (Lipinski definition) is 3. The van der Waals surface area contributed by atoms with Crippen molar-refractivity contribution in [3.05, 3.63) is 59.2 Å². The van der Waals surface area contributed by atoms with Gasteiger partial charge >= 0.3 is 6.18 Å². The number of anilines is 1. The summed E-state index contributed by atoms with van der Waals surface area (Å²) in [4.78, 5) is 23.3. The minimum absolute atomic E-state index is 0.0379. The van der Waals surface area contributed by atoms with Crippen molar-refractivity contribution in [3.8, 4) is 17.6 Å².